The number of cyclic esters (lactones) is 1. The summed E-state index contributed by atoms with van der Waals surface area (Å²) in [6.45, 7) is 3.16. The smallest absolute Gasteiger partial charge is 0.311 e. The third-order valence-electron chi connectivity index (χ3n) is 7.88. The van der Waals surface area contributed by atoms with E-state index < -0.39 is 28.7 Å². The molecule has 0 aliphatic carbocycles. The molecule has 4 heterocycles. The highest BCUT2D eigenvalue weighted by atomic mass is 32.2. The van der Waals surface area contributed by atoms with Crippen molar-refractivity contribution in [1.29, 1.82) is 0 Å². The molecule has 1 N–H and O–H groups in total. The van der Waals surface area contributed by atoms with E-state index >= 15 is 0 Å². The predicted octanol–water partition coefficient (Wildman–Crippen LogP) is 2.59. The normalized spacial score (nSPS) is 32.0. The number of aliphatic hydroxyl groups excluding tert-OH is 1. The highest BCUT2D eigenvalue weighted by Crippen LogP contribution is 2.61. The van der Waals surface area contributed by atoms with Gasteiger partial charge in [-0.05, 0) is 18.4 Å². The van der Waals surface area contributed by atoms with Gasteiger partial charge >= 0.3 is 5.97 Å². The fourth-order valence-corrected chi connectivity index (χ4v) is 8.23. The molecule has 1 aromatic rings. The van der Waals surface area contributed by atoms with Crippen LogP contribution in [-0.4, -0.2) is 81.1 Å². The molecule has 0 aromatic heterocycles. The lowest BCUT2D eigenvalue weighted by molar-refractivity contribution is -0.152. The zero-order valence-electron chi connectivity index (χ0n) is 20.6. The number of thioether (sulfide) groups is 1. The first-order valence-corrected chi connectivity index (χ1v) is 13.8. The number of esters is 1. The van der Waals surface area contributed by atoms with E-state index in [2.05, 4.69) is 6.92 Å². The number of carbonyl (C=O) groups excluding carboxylic acids is 3. The number of nitrogens with zero attached hydrogens (tertiary/aromatic N) is 2. The molecule has 0 radical (unpaired) electrons. The Labute approximate surface area is 216 Å². The summed E-state index contributed by atoms with van der Waals surface area (Å²) < 4.78 is 4.55. The van der Waals surface area contributed by atoms with Gasteiger partial charge < -0.3 is 19.6 Å². The third kappa shape index (κ3) is 4.18. The van der Waals surface area contributed by atoms with Gasteiger partial charge in [0.25, 0.3) is 0 Å². The number of unbranched alkanes of at least 4 members (excludes halogenated alkanes) is 2. The van der Waals surface area contributed by atoms with Crippen LogP contribution in [0.2, 0.25) is 0 Å². The van der Waals surface area contributed by atoms with Crippen LogP contribution in [0.1, 0.15) is 31.7 Å². The summed E-state index contributed by atoms with van der Waals surface area (Å²) >= 11 is 1.54. The van der Waals surface area contributed by atoms with Gasteiger partial charge in [-0.25, -0.2) is 0 Å². The molecule has 2 fully saturated rings. The van der Waals surface area contributed by atoms with Crippen molar-refractivity contribution in [3.05, 3.63) is 60.2 Å². The molecule has 4 aliphatic heterocycles. The average Bonchev–Trinajstić information content (AvgIpc) is 3.19. The molecule has 2 amide bonds. The van der Waals surface area contributed by atoms with Crippen LogP contribution in [0.15, 0.2) is 54.6 Å². The number of rotatable bonds is 8. The Hall–Kier alpha value is -2.58. The largest absolute Gasteiger partial charge is 0.461 e. The summed E-state index contributed by atoms with van der Waals surface area (Å²) in [6.07, 6.45) is 11.2. The van der Waals surface area contributed by atoms with E-state index in [0.29, 0.717) is 19.5 Å². The van der Waals surface area contributed by atoms with Gasteiger partial charge in [0.05, 0.1) is 29.2 Å². The Morgan fingerprint density at radius 2 is 1.94 bits per heavy atom. The standard InChI is InChI=1S/C28H34N2O5S/c1-2-3-7-14-29-15-9-13-28-23(22-21(36-28)12-8-16-35-27(22)34)25(32)30(24(28)26(29)33)20(18-31)17-19-10-5-4-6-11-19/h4-6,8-13,20-24,31H,2-3,7,14-18H2,1H3/t20-,21-,22+,23+,24?,28+/m1/s1. The minimum atomic E-state index is -0.881. The summed E-state index contributed by atoms with van der Waals surface area (Å²) in [6, 6.07) is 8.34. The van der Waals surface area contributed by atoms with Crippen LogP contribution in [0.25, 0.3) is 0 Å². The van der Waals surface area contributed by atoms with Crippen molar-refractivity contribution in [3.63, 3.8) is 0 Å². The quantitative estimate of drug-likeness (QED) is 0.329. The summed E-state index contributed by atoms with van der Waals surface area (Å²) in [5.74, 6) is -2.10. The second kappa shape index (κ2) is 10.4. The van der Waals surface area contributed by atoms with E-state index in [-0.39, 0.29) is 36.2 Å². The van der Waals surface area contributed by atoms with Crippen molar-refractivity contribution in [2.24, 2.45) is 11.8 Å². The maximum Gasteiger partial charge on any atom is 0.311 e. The lowest BCUT2D eigenvalue weighted by atomic mass is 9.78. The van der Waals surface area contributed by atoms with Gasteiger partial charge in [-0.15, -0.1) is 11.8 Å². The molecule has 0 saturated carbocycles. The second-order valence-electron chi connectivity index (χ2n) is 10.1. The van der Waals surface area contributed by atoms with Crippen LogP contribution in [0, 0.1) is 11.8 Å². The third-order valence-corrected chi connectivity index (χ3v) is 9.63. The molecule has 192 valence electrons. The average molecular weight is 511 g/mol. The van der Waals surface area contributed by atoms with Crippen molar-refractivity contribution in [2.75, 3.05) is 26.3 Å². The molecule has 1 unspecified atom stereocenters. The van der Waals surface area contributed by atoms with Crippen LogP contribution < -0.4 is 0 Å². The van der Waals surface area contributed by atoms with E-state index in [1.165, 1.54) is 11.8 Å². The maximum atomic E-state index is 14.2. The van der Waals surface area contributed by atoms with E-state index in [4.69, 9.17) is 4.74 Å². The Morgan fingerprint density at radius 1 is 1.14 bits per heavy atom. The zero-order valence-corrected chi connectivity index (χ0v) is 21.4. The highest BCUT2D eigenvalue weighted by molar-refractivity contribution is 8.02. The Balaban J connectivity index is 1.57. The van der Waals surface area contributed by atoms with E-state index in [1.54, 1.807) is 4.90 Å². The minimum absolute atomic E-state index is 0.0974. The Bertz CT molecular complexity index is 1060. The number of hydrogen-bond donors (Lipinski definition) is 1. The molecule has 8 heteroatoms. The number of hydrogen-bond acceptors (Lipinski definition) is 6. The van der Waals surface area contributed by atoms with Gasteiger partial charge in [0.2, 0.25) is 11.8 Å². The number of likely N-dealkylation sites (tertiary alicyclic amines) is 1. The molecule has 5 rings (SSSR count). The van der Waals surface area contributed by atoms with Gasteiger partial charge in [0.1, 0.15) is 12.6 Å². The molecule has 4 aliphatic rings. The number of aliphatic hydroxyl groups is 1. The fourth-order valence-electron chi connectivity index (χ4n) is 6.24. The molecule has 0 bridgehead atoms. The van der Waals surface area contributed by atoms with Crippen LogP contribution in [0.3, 0.4) is 0 Å². The first-order valence-electron chi connectivity index (χ1n) is 13.0. The highest BCUT2D eigenvalue weighted by Gasteiger charge is 2.71. The fraction of sp³-hybridized carbons (Fsp3) is 0.536. The SMILES string of the molecule is CCCCCN1CC=C[C@]23S[C@@H]4C=CCOC(=O)[C@@H]4[C@H]2C(=O)N([C@@H](CO)Cc2ccccc2)C3C1=O. The number of fused-ring (bicyclic) bond motifs is 2. The lowest BCUT2D eigenvalue weighted by Crippen LogP contribution is -2.57. The van der Waals surface area contributed by atoms with Gasteiger partial charge in [0, 0.05) is 18.3 Å². The Kier molecular flexibility index (Phi) is 7.26. The molecule has 1 aromatic carbocycles. The molecular formula is C28H34N2O5S. The van der Waals surface area contributed by atoms with Crippen molar-refractivity contribution < 1.29 is 24.2 Å². The first-order chi connectivity index (χ1) is 17.5. The maximum absolute atomic E-state index is 14.2. The molecule has 36 heavy (non-hydrogen) atoms. The van der Waals surface area contributed by atoms with Crippen molar-refractivity contribution in [1.82, 2.24) is 9.80 Å². The van der Waals surface area contributed by atoms with E-state index in [9.17, 15) is 19.5 Å². The summed E-state index contributed by atoms with van der Waals surface area (Å²) in [7, 11) is 0. The van der Waals surface area contributed by atoms with Crippen LogP contribution in [-0.2, 0) is 25.5 Å². The monoisotopic (exact) mass is 510 g/mol. The number of amides is 2. The zero-order chi connectivity index (χ0) is 25.3. The van der Waals surface area contributed by atoms with Crippen LogP contribution >= 0.6 is 11.8 Å². The molecule has 7 nitrogen and oxygen atoms in total. The van der Waals surface area contributed by atoms with Crippen molar-refractivity contribution >= 4 is 29.5 Å². The van der Waals surface area contributed by atoms with E-state index in [0.717, 1.165) is 24.8 Å². The summed E-state index contributed by atoms with van der Waals surface area (Å²) in [5, 5.41) is 10.3. The topological polar surface area (TPSA) is 87.2 Å². The van der Waals surface area contributed by atoms with Crippen molar-refractivity contribution in [3.8, 4) is 0 Å². The first kappa shape index (κ1) is 25.1. The lowest BCUT2D eigenvalue weighted by Gasteiger charge is -2.38. The number of benzene rings is 1. The molecule has 2 saturated heterocycles. The number of carbonyl (C=O) groups is 3. The van der Waals surface area contributed by atoms with Gasteiger partial charge in [-0.2, -0.15) is 0 Å². The second-order valence-corrected chi connectivity index (χ2v) is 11.6. The van der Waals surface area contributed by atoms with Crippen molar-refractivity contribution in [2.45, 2.75) is 54.7 Å². The summed E-state index contributed by atoms with van der Waals surface area (Å²) in [5.41, 5.74) is 0.981. The summed E-state index contributed by atoms with van der Waals surface area (Å²) in [4.78, 5) is 45.0. The molecule has 1 spiro atoms. The van der Waals surface area contributed by atoms with E-state index in [1.807, 2.05) is 59.5 Å². The number of ether oxygens (including phenoxy) is 1. The predicted molar refractivity (Wildman–Crippen MR) is 138 cm³/mol. The van der Waals surface area contributed by atoms with Crippen LogP contribution in [0.5, 0.6) is 0 Å². The molecule has 6 atom stereocenters. The van der Waals surface area contributed by atoms with Gasteiger partial charge in [-0.3, -0.25) is 14.4 Å². The van der Waals surface area contributed by atoms with Gasteiger partial charge in [-0.1, -0.05) is 74.4 Å². The van der Waals surface area contributed by atoms with Gasteiger partial charge in [0.15, 0.2) is 0 Å². The minimum Gasteiger partial charge on any atom is -0.461 e. The van der Waals surface area contributed by atoms with Crippen LogP contribution in [0.4, 0.5) is 0 Å². The molecular weight excluding hydrogens is 476 g/mol. The Morgan fingerprint density at radius 3 is 2.69 bits per heavy atom.